The molecular formula is C36H64O4. The molecule has 0 aliphatic carbocycles. The lowest BCUT2D eigenvalue weighted by Gasteiger charge is -2.15. The molecule has 4 heteroatoms. The van der Waals surface area contributed by atoms with E-state index in [1.165, 1.54) is 83.5 Å². The number of unbranched alkanes of at least 4 members (excludes halogenated alkanes) is 17. The number of carbonyl (C=O) groups excluding carboxylic acids is 1. The molecule has 40 heavy (non-hydrogen) atoms. The third-order valence-corrected chi connectivity index (χ3v) is 7.32. The van der Waals surface area contributed by atoms with Crippen LogP contribution in [0, 0.1) is 0 Å². The normalized spacial score (nSPS) is 12.7. The highest BCUT2D eigenvalue weighted by atomic mass is 16.5. The van der Waals surface area contributed by atoms with Gasteiger partial charge in [-0.05, 0) is 76.7 Å². The van der Waals surface area contributed by atoms with Gasteiger partial charge >= 0.3 is 11.9 Å². The summed E-state index contributed by atoms with van der Waals surface area (Å²) >= 11 is 0. The van der Waals surface area contributed by atoms with Crippen LogP contribution < -0.4 is 0 Å². The Morgan fingerprint density at radius 1 is 0.575 bits per heavy atom. The standard InChI is InChI=1S/C36H64O4/c1-3-5-7-9-11-13-14-15-16-17-18-19-21-23-29-33-36(39)40-34(31-27-24-25-28-32-35(37)38)30-26-22-20-12-10-8-6-4-2/h11,13,15-16,26,30,34H,3-10,12,14,17-25,27-29,31-33H2,1-2H3,(H,37,38)/b13-11-,16-15-,30-26-. The van der Waals surface area contributed by atoms with Crippen LogP contribution >= 0.6 is 0 Å². The van der Waals surface area contributed by atoms with Crippen molar-refractivity contribution in [1.29, 1.82) is 0 Å². The van der Waals surface area contributed by atoms with E-state index in [0.29, 0.717) is 6.42 Å². The predicted octanol–water partition coefficient (Wildman–Crippen LogP) is 11.4. The lowest BCUT2D eigenvalue weighted by Crippen LogP contribution is -2.16. The van der Waals surface area contributed by atoms with E-state index in [2.05, 4.69) is 50.3 Å². The summed E-state index contributed by atoms with van der Waals surface area (Å²) in [5, 5.41) is 8.79. The Hall–Kier alpha value is -1.84. The Labute approximate surface area is 248 Å². The fourth-order valence-corrected chi connectivity index (χ4v) is 4.77. The van der Waals surface area contributed by atoms with Crippen LogP contribution in [-0.2, 0) is 14.3 Å². The van der Waals surface area contributed by atoms with Crippen molar-refractivity contribution >= 4 is 11.9 Å². The van der Waals surface area contributed by atoms with Gasteiger partial charge in [0.1, 0.15) is 6.10 Å². The number of esters is 1. The smallest absolute Gasteiger partial charge is 0.306 e. The number of carboxylic acids is 1. The van der Waals surface area contributed by atoms with Crippen LogP contribution in [0.15, 0.2) is 36.5 Å². The Balaban J connectivity index is 4.06. The number of hydrogen-bond acceptors (Lipinski definition) is 3. The molecule has 0 rings (SSSR count). The second-order valence-corrected chi connectivity index (χ2v) is 11.3. The lowest BCUT2D eigenvalue weighted by molar-refractivity contribution is -0.147. The van der Waals surface area contributed by atoms with E-state index in [0.717, 1.165) is 64.2 Å². The van der Waals surface area contributed by atoms with Gasteiger partial charge in [-0.3, -0.25) is 9.59 Å². The summed E-state index contributed by atoms with van der Waals surface area (Å²) in [6, 6.07) is 0. The van der Waals surface area contributed by atoms with Crippen LogP contribution in [0.2, 0.25) is 0 Å². The summed E-state index contributed by atoms with van der Waals surface area (Å²) in [6.07, 6.45) is 40.2. The number of carboxylic acid groups (broad SMARTS) is 1. The third-order valence-electron chi connectivity index (χ3n) is 7.32. The van der Waals surface area contributed by atoms with Gasteiger partial charge in [0, 0.05) is 12.8 Å². The number of rotatable bonds is 30. The van der Waals surface area contributed by atoms with Gasteiger partial charge in [0.15, 0.2) is 0 Å². The highest BCUT2D eigenvalue weighted by Crippen LogP contribution is 2.15. The molecular weight excluding hydrogens is 496 g/mol. The third kappa shape index (κ3) is 30.7. The van der Waals surface area contributed by atoms with Gasteiger partial charge < -0.3 is 9.84 Å². The van der Waals surface area contributed by atoms with Crippen LogP contribution in [0.1, 0.15) is 174 Å². The minimum absolute atomic E-state index is 0.0780. The molecule has 4 nitrogen and oxygen atoms in total. The molecule has 0 aliphatic heterocycles. The topological polar surface area (TPSA) is 63.6 Å². The van der Waals surface area contributed by atoms with Gasteiger partial charge in [0.05, 0.1) is 0 Å². The summed E-state index contributed by atoms with van der Waals surface area (Å²) in [7, 11) is 0. The quantitative estimate of drug-likeness (QED) is 0.0539. The zero-order valence-electron chi connectivity index (χ0n) is 26.4. The van der Waals surface area contributed by atoms with Crippen molar-refractivity contribution < 1.29 is 19.4 Å². The first-order valence-electron chi connectivity index (χ1n) is 17.0. The van der Waals surface area contributed by atoms with Crippen molar-refractivity contribution in [2.75, 3.05) is 0 Å². The maximum absolute atomic E-state index is 12.5. The van der Waals surface area contributed by atoms with Crippen LogP contribution in [0.5, 0.6) is 0 Å². The van der Waals surface area contributed by atoms with Crippen LogP contribution in [-0.4, -0.2) is 23.1 Å². The van der Waals surface area contributed by atoms with Gasteiger partial charge in [0.25, 0.3) is 0 Å². The molecule has 0 spiro atoms. The second-order valence-electron chi connectivity index (χ2n) is 11.3. The Kier molecular flexibility index (Phi) is 30.2. The zero-order valence-corrected chi connectivity index (χ0v) is 26.4. The first-order chi connectivity index (χ1) is 19.6. The van der Waals surface area contributed by atoms with Gasteiger partial charge in [-0.2, -0.15) is 0 Å². The van der Waals surface area contributed by atoms with E-state index in [-0.39, 0.29) is 18.5 Å². The van der Waals surface area contributed by atoms with Gasteiger partial charge in [-0.25, -0.2) is 0 Å². The maximum atomic E-state index is 12.5. The Bertz CT molecular complexity index is 649. The summed E-state index contributed by atoms with van der Waals surface area (Å²) < 4.78 is 5.84. The fraction of sp³-hybridized carbons (Fsp3) is 0.778. The highest BCUT2D eigenvalue weighted by Gasteiger charge is 2.11. The molecule has 232 valence electrons. The monoisotopic (exact) mass is 560 g/mol. The van der Waals surface area contributed by atoms with E-state index in [1.807, 2.05) is 0 Å². The molecule has 0 saturated heterocycles. The van der Waals surface area contributed by atoms with Crippen molar-refractivity contribution in [2.24, 2.45) is 0 Å². The molecule has 0 aromatic rings. The van der Waals surface area contributed by atoms with Crippen LogP contribution in [0.4, 0.5) is 0 Å². The molecule has 0 saturated carbocycles. The largest absolute Gasteiger partial charge is 0.481 e. The van der Waals surface area contributed by atoms with E-state index in [4.69, 9.17) is 9.84 Å². The SMILES string of the molecule is CCCCC/C=C\C/C=C\CCCCCCCC(=O)OC(/C=C\CCCCCCCC)CCCCCCC(=O)O. The molecule has 1 atom stereocenters. The van der Waals surface area contributed by atoms with Crippen molar-refractivity contribution in [3.8, 4) is 0 Å². The number of hydrogen-bond donors (Lipinski definition) is 1. The molecule has 0 heterocycles. The average Bonchev–Trinajstić information content (AvgIpc) is 2.93. The highest BCUT2D eigenvalue weighted by molar-refractivity contribution is 5.69. The molecule has 0 aromatic carbocycles. The van der Waals surface area contributed by atoms with Gasteiger partial charge in [-0.1, -0.05) is 121 Å². The summed E-state index contributed by atoms with van der Waals surface area (Å²) in [5.74, 6) is -0.802. The lowest BCUT2D eigenvalue weighted by atomic mass is 10.1. The number of ether oxygens (including phenoxy) is 1. The summed E-state index contributed by atoms with van der Waals surface area (Å²) in [5.41, 5.74) is 0. The first kappa shape index (κ1) is 38.2. The molecule has 0 amide bonds. The van der Waals surface area contributed by atoms with E-state index in [1.54, 1.807) is 0 Å². The Morgan fingerprint density at radius 3 is 1.68 bits per heavy atom. The summed E-state index contributed by atoms with van der Waals surface area (Å²) in [4.78, 5) is 23.2. The molecule has 1 N–H and O–H groups in total. The Morgan fingerprint density at radius 2 is 1.05 bits per heavy atom. The van der Waals surface area contributed by atoms with Crippen LogP contribution in [0.25, 0.3) is 0 Å². The van der Waals surface area contributed by atoms with E-state index >= 15 is 0 Å². The zero-order chi connectivity index (χ0) is 29.4. The predicted molar refractivity (Wildman–Crippen MR) is 172 cm³/mol. The molecule has 0 aliphatic rings. The fourth-order valence-electron chi connectivity index (χ4n) is 4.77. The molecule has 1 unspecified atom stereocenters. The minimum atomic E-state index is -0.724. The summed E-state index contributed by atoms with van der Waals surface area (Å²) in [6.45, 7) is 4.49. The molecule has 0 radical (unpaired) electrons. The van der Waals surface area contributed by atoms with Crippen molar-refractivity contribution in [3.05, 3.63) is 36.5 Å². The average molecular weight is 561 g/mol. The first-order valence-corrected chi connectivity index (χ1v) is 17.0. The van der Waals surface area contributed by atoms with Crippen molar-refractivity contribution in [2.45, 2.75) is 180 Å². The van der Waals surface area contributed by atoms with Crippen molar-refractivity contribution in [3.63, 3.8) is 0 Å². The number of carbonyl (C=O) groups is 2. The minimum Gasteiger partial charge on any atom is -0.481 e. The van der Waals surface area contributed by atoms with Crippen molar-refractivity contribution in [1.82, 2.24) is 0 Å². The second kappa shape index (κ2) is 31.7. The molecule has 0 fully saturated rings. The van der Waals surface area contributed by atoms with E-state index in [9.17, 15) is 9.59 Å². The van der Waals surface area contributed by atoms with E-state index < -0.39 is 5.97 Å². The molecule has 0 aromatic heterocycles. The maximum Gasteiger partial charge on any atom is 0.306 e. The van der Waals surface area contributed by atoms with Gasteiger partial charge in [0.2, 0.25) is 0 Å². The van der Waals surface area contributed by atoms with Crippen LogP contribution in [0.3, 0.4) is 0 Å². The number of allylic oxidation sites excluding steroid dienone is 5. The van der Waals surface area contributed by atoms with Gasteiger partial charge in [-0.15, -0.1) is 0 Å². The number of aliphatic carboxylic acids is 1. The molecule has 0 bridgehead atoms.